The normalized spacial score (nSPS) is 10.7. The number of para-hydroxylation sites is 3. The molecule has 6 aromatic rings. The number of rotatable bonds is 8. The van der Waals surface area contributed by atoms with Gasteiger partial charge in [-0.1, -0.05) is 66.7 Å². The van der Waals surface area contributed by atoms with Crippen molar-refractivity contribution in [1.29, 1.82) is 0 Å². The smallest absolute Gasteiger partial charge is 0.0464 e. The summed E-state index contributed by atoms with van der Waals surface area (Å²) in [7, 11) is 2.10. The molecule has 6 aromatic carbocycles. The van der Waals surface area contributed by atoms with E-state index in [0.29, 0.717) is 0 Å². The molecule has 0 spiro atoms. The second-order valence-electron chi connectivity index (χ2n) is 10.1. The Hall–Kier alpha value is -5.28. The molecule has 0 bridgehead atoms. The maximum Gasteiger partial charge on any atom is 0.0464 e. The number of hydrogen-bond acceptors (Lipinski definition) is 3. The van der Waals surface area contributed by atoms with Crippen LogP contribution in [0.1, 0.15) is 5.56 Å². The largest absolute Gasteiger partial charge is 0.345 e. The summed E-state index contributed by atoms with van der Waals surface area (Å²) in [6.45, 7) is 2.14. The molecule has 0 aliphatic carbocycles. The van der Waals surface area contributed by atoms with E-state index < -0.39 is 0 Å². The highest BCUT2D eigenvalue weighted by Crippen LogP contribution is 2.39. The lowest BCUT2D eigenvalue weighted by Crippen LogP contribution is -2.13. The molecule has 6 rings (SSSR count). The van der Waals surface area contributed by atoms with Gasteiger partial charge in [-0.25, -0.2) is 0 Å². The van der Waals surface area contributed by atoms with Gasteiger partial charge < -0.3 is 14.7 Å². The zero-order valence-corrected chi connectivity index (χ0v) is 23.4. The minimum absolute atomic E-state index is 1.10. The Bertz CT molecular complexity index is 1680. The van der Waals surface area contributed by atoms with Crippen molar-refractivity contribution >= 4 is 45.5 Å². The second kappa shape index (κ2) is 11.8. The van der Waals surface area contributed by atoms with Crippen molar-refractivity contribution < 1.29 is 0 Å². The third-order valence-corrected chi connectivity index (χ3v) is 7.29. The lowest BCUT2D eigenvalue weighted by atomic mass is 10.1. The van der Waals surface area contributed by atoms with E-state index in [1.54, 1.807) is 0 Å². The molecular weight excluding hydrogens is 498 g/mol. The van der Waals surface area contributed by atoms with Crippen LogP contribution >= 0.6 is 0 Å². The average molecular weight is 532 g/mol. The number of anilines is 8. The van der Waals surface area contributed by atoms with Crippen molar-refractivity contribution in [2.45, 2.75) is 6.92 Å². The van der Waals surface area contributed by atoms with Gasteiger partial charge in [0.25, 0.3) is 0 Å². The molecule has 0 unspecified atom stereocenters. The molecule has 3 heteroatoms. The fraction of sp³-hybridized carbons (Fsp3) is 0.0526. The van der Waals surface area contributed by atoms with Crippen molar-refractivity contribution in [2.75, 3.05) is 21.7 Å². The Morgan fingerprint density at radius 3 is 1.07 bits per heavy atom. The first-order valence-corrected chi connectivity index (χ1v) is 13.9. The van der Waals surface area contributed by atoms with Crippen LogP contribution in [0.3, 0.4) is 0 Å². The van der Waals surface area contributed by atoms with Gasteiger partial charge in [0.05, 0.1) is 0 Å². The molecule has 200 valence electrons. The van der Waals surface area contributed by atoms with Crippen molar-refractivity contribution in [3.8, 4) is 0 Å². The molecular formula is C38H33N3. The summed E-state index contributed by atoms with van der Waals surface area (Å²) < 4.78 is 0. The van der Waals surface area contributed by atoms with Crippen LogP contribution in [0.15, 0.2) is 164 Å². The van der Waals surface area contributed by atoms with Crippen LogP contribution < -0.4 is 14.7 Å². The van der Waals surface area contributed by atoms with Crippen LogP contribution in [-0.2, 0) is 0 Å². The summed E-state index contributed by atoms with van der Waals surface area (Å²) in [5, 5.41) is 0. The van der Waals surface area contributed by atoms with Gasteiger partial charge in [0.2, 0.25) is 0 Å². The summed E-state index contributed by atoms with van der Waals surface area (Å²) in [6.07, 6.45) is 0. The molecule has 0 heterocycles. The predicted octanol–water partition coefficient (Wildman–Crippen LogP) is 10.7. The quantitative estimate of drug-likeness (QED) is 0.193. The maximum atomic E-state index is 2.30. The third-order valence-electron chi connectivity index (χ3n) is 7.29. The summed E-state index contributed by atoms with van der Waals surface area (Å²) >= 11 is 0. The monoisotopic (exact) mass is 531 g/mol. The average Bonchev–Trinajstić information content (AvgIpc) is 3.04. The Labute approximate surface area is 243 Å². The molecule has 0 aromatic heterocycles. The second-order valence-corrected chi connectivity index (χ2v) is 10.1. The number of nitrogens with zero attached hydrogens (tertiary/aromatic N) is 3. The van der Waals surface area contributed by atoms with Gasteiger partial charge in [0.1, 0.15) is 0 Å². The van der Waals surface area contributed by atoms with Gasteiger partial charge in [0, 0.05) is 52.5 Å². The van der Waals surface area contributed by atoms with E-state index in [1.165, 1.54) is 5.56 Å². The van der Waals surface area contributed by atoms with E-state index in [9.17, 15) is 0 Å². The van der Waals surface area contributed by atoms with Gasteiger partial charge in [-0.15, -0.1) is 0 Å². The van der Waals surface area contributed by atoms with E-state index in [-0.39, 0.29) is 0 Å². The van der Waals surface area contributed by atoms with Crippen molar-refractivity contribution in [3.63, 3.8) is 0 Å². The molecule has 0 fully saturated rings. The van der Waals surface area contributed by atoms with Gasteiger partial charge in [-0.05, 0) is 110 Å². The first-order valence-electron chi connectivity index (χ1n) is 13.9. The predicted molar refractivity (Wildman–Crippen MR) is 175 cm³/mol. The molecule has 0 N–H and O–H groups in total. The van der Waals surface area contributed by atoms with Crippen LogP contribution in [0.25, 0.3) is 0 Å². The summed E-state index contributed by atoms with van der Waals surface area (Å²) in [4.78, 5) is 6.81. The molecule has 0 saturated heterocycles. The topological polar surface area (TPSA) is 9.72 Å². The van der Waals surface area contributed by atoms with E-state index in [1.807, 2.05) is 6.07 Å². The number of hydrogen-bond donors (Lipinski definition) is 0. The zero-order chi connectivity index (χ0) is 28.0. The lowest BCUT2D eigenvalue weighted by molar-refractivity contribution is 1.20. The summed E-state index contributed by atoms with van der Waals surface area (Å²) in [6, 6.07) is 57.7. The van der Waals surface area contributed by atoms with Crippen LogP contribution in [-0.4, -0.2) is 7.05 Å². The molecule has 0 radical (unpaired) electrons. The van der Waals surface area contributed by atoms with Crippen molar-refractivity contribution in [1.82, 2.24) is 0 Å². The first-order chi connectivity index (χ1) is 20.2. The highest BCUT2D eigenvalue weighted by Gasteiger charge is 2.16. The van der Waals surface area contributed by atoms with Gasteiger partial charge in [-0.3, -0.25) is 0 Å². The molecule has 41 heavy (non-hydrogen) atoms. The van der Waals surface area contributed by atoms with Crippen LogP contribution in [0, 0.1) is 6.92 Å². The fourth-order valence-corrected chi connectivity index (χ4v) is 5.19. The van der Waals surface area contributed by atoms with E-state index in [4.69, 9.17) is 0 Å². The number of aryl methyl sites for hydroxylation is 1. The van der Waals surface area contributed by atoms with Crippen molar-refractivity contribution in [2.24, 2.45) is 0 Å². The molecule has 0 aliphatic rings. The Kier molecular flexibility index (Phi) is 7.51. The van der Waals surface area contributed by atoms with Gasteiger partial charge >= 0.3 is 0 Å². The third kappa shape index (κ3) is 5.70. The summed E-state index contributed by atoms with van der Waals surface area (Å²) in [5.41, 5.74) is 10.2. The molecule has 0 aliphatic heterocycles. The Morgan fingerprint density at radius 2 is 0.634 bits per heavy atom. The lowest BCUT2D eigenvalue weighted by Gasteiger charge is -2.29. The highest BCUT2D eigenvalue weighted by atomic mass is 15.2. The maximum absolute atomic E-state index is 2.30. The summed E-state index contributed by atoms with van der Waals surface area (Å²) in [5.74, 6) is 0. The van der Waals surface area contributed by atoms with Crippen LogP contribution in [0.2, 0.25) is 0 Å². The Morgan fingerprint density at radius 1 is 0.317 bits per heavy atom. The minimum atomic E-state index is 1.10. The van der Waals surface area contributed by atoms with E-state index >= 15 is 0 Å². The molecule has 0 atom stereocenters. The molecule has 3 nitrogen and oxygen atoms in total. The Balaban J connectivity index is 1.36. The van der Waals surface area contributed by atoms with Gasteiger partial charge in [0.15, 0.2) is 0 Å². The molecule has 0 saturated carbocycles. The van der Waals surface area contributed by atoms with Crippen molar-refractivity contribution in [3.05, 3.63) is 169 Å². The minimum Gasteiger partial charge on any atom is -0.345 e. The highest BCUT2D eigenvalue weighted by molar-refractivity contribution is 5.81. The van der Waals surface area contributed by atoms with Gasteiger partial charge in [-0.2, -0.15) is 0 Å². The number of benzene rings is 6. The SMILES string of the molecule is Cc1cccc(N(c2ccccc2)c2ccc(N(c3ccccc3)c3ccc(N(C)c4ccccc4)cc3)cc2)c1. The van der Waals surface area contributed by atoms with E-state index in [0.717, 1.165) is 45.5 Å². The zero-order valence-electron chi connectivity index (χ0n) is 23.4. The molecule has 0 amide bonds. The van der Waals surface area contributed by atoms with E-state index in [2.05, 4.69) is 186 Å². The van der Waals surface area contributed by atoms with Crippen LogP contribution in [0.4, 0.5) is 45.5 Å². The fourth-order valence-electron chi connectivity index (χ4n) is 5.19. The first kappa shape index (κ1) is 26.0. The standard InChI is InChI=1S/C38H33N3/c1-30-13-12-20-38(29-30)41(34-18-10-5-11-19-34)37-27-25-36(26-28-37)40(33-16-8-4-9-17-33)35-23-21-32(22-24-35)39(2)31-14-6-3-7-15-31/h3-29H,1-2H3. The van der Waals surface area contributed by atoms with Crippen LogP contribution in [0.5, 0.6) is 0 Å².